The SMILES string of the molecule is COCc1cc(C2(c3cc(COC)c(OC(C)=O)c(COC)c3)CCC(c3cc(COC)c(OC(=O)OC)c(COC)c3)(c3cc(COC)c(OC(=O)OC)c(COC)c3)CC2)cc(COC)c1OC(C)=O. The van der Waals surface area contributed by atoms with Crippen LogP contribution >= 0.6 is 0 Å². The van der Waals surface area contributed by atoms with Crippen molar-refractivity contribution in [2.45, 2.75) is 103 Å². The molecule has 0 heterocycles. The molecule has 0 aromatic heterocycles. The van der Waals surface area contributed by atoms with Crippen molar-refractivity contribution in [3.63, 3.8) is 0 Å². The molecule has 18 heteroatoms. The molecular weight excluding hydrogens is 937 g/mol. The second-order valence-electron chi connectivity index (χ2n) is 17.4. The Hall–Kier alpha value is -5.96. The number of esters is 2. The maximum atomic E-state index is 12.8. The second-order valence-corrected chi connectivity index (χ2v) is 17.4. The van der Waals surface area contributed by atoms with Crippen molar-refractivity contribution >= 4 is 24.2 Å². The molecule has 1 aliphatic rings. The molecule has 0 saturated heterocycles. The number of benzene rings is 4. The molecule has 0 amide bonds. The van der Waals surface area contributed by atoms with Gasteiger partial charge in [0, 0.05) is 126 Å². The van der Waals surface area contributed by atoms with E-state index in [1.54, 1.807) is 56.9 Å². The fraction of sp³-hybridized carbons (Fsp3) is 0.481. The summed E-state index contributed by atoms with van der Waals surface area (Å²) in [7, 11) is 14.9. The second kappa shape index (κ2) is 26.7. The van der Waals surface area contributed by atoms with E-state index in [1.807, 2.05) is 48.5 Å². The molecule has 4 aromatic rings. The van der Waals surface area contributed by atoms with Crippen molar-refractivity contribution in [3.8, 4) is 23.0 Å². The van der Waals surface area contributed by atoms with Gasteiger partial charge in [0.15, 0.2) is 0 Å². The van der Waals surface area contributed by atoms with E-state index in [2.05, 4.69) is 0 Å². The standard InChI is InChI=1S/C54H68O18/c1-33(55)69-47-35(25-59-3)17-43(18-36(47)26-60-4)53(44-19-37(27-61-5)48(70-34(2)56)38(20-44)28-62-6)13-15-54(16-14-53,45-21-39(29-63-7)49(71-51(57)67-11)40(22-45)30-64-8)46-23-41(31-65-9)50(72-52(58)68-12)42(24-46)32-66-10/h17-24H,13-16,25-32H2,1-12H3. The van der Waals surface area contributed by atoms with Crippen molar-refractivity contribution < 1.29 is 85.5 Å². The Morgan fingerprint density at radius 1 is 0.333 bits per heavy atom. The van der Waals surface area contributed by atoms with E-state index < -0.39 is 35.1 Å². The third kappa shape index (κ3) is 13.0. The smallest absolute Gasteiger partial charge is 0.437 e. The maximum absolute atomic E-state index is 12.8. The van der Waals surface area contributed by atoms with E-state index in [0.717, 1.165) is 22.3 Å². The molecule has 0 N–H and O–H groups in total. The molecule has 1 fully saturated rings. The van der Waals surface area contributed by atoms with E-state index >= 15 is 0 Å². The average Bonchev–Trinajstić information content (AvgIpc) is 3.35. The number of hydrogen-bond acceptors (Lipinski definition) is 18. The Morgan fingerprint density at radius 3 is 0.667 bits per heavy atom. The van der Waals surface area contributed by atoms with Gasteiger partial charge in [-0.2, -0.15) is 0 Å². The van der Waals surface area contributed by atoms with E-state index in [1.165, 1.54) is 28.1 Å². The van der Waals surface area contributed by atoms with E-state index in [0.29, 0.717) is 81.7 Å². The van der Waals surface area contributed by atoms with Crippen LogP contribution in [0, 0.1) is 0 Å². The third-order valence-corrected chi connectivity index (χ3v) is 12.7. The van der Waals surface area contributed by atoms with Crippen LogP contribution in [0.2, 0.25) is 0 Å². The molecule has 72 heavy (non-hydrogen) atoms. The summed E-state index contributed by atoms with van der Waals surface area (Å²) in [4.78, 5) is 50.8. The highest BCUT2D eigenvalue weighted by atomic mass is 16.7. The van der Waals surface area contributed by atoms with Gasteiger partial charge in [-0.05, 0) is 96.5 Å². The van der Waals surface area contributed by atoms with Crippen LogP contribution in [-0.4, -0.2) is 95.3 Å². The molecule has 0 unspecified atom stereocenters. The van der Waals surface area contributed by atoms with Gasteiger partial charge in [0.25, 0.3) is 0 Å². The van der Waals surface area contributed by atoms with Crippen LogP contribution in [0.5, 0.6) is 23.0 Å². The minimum absolute atomic E-state index is 0.0606. The zero-order valence-electron chi connectivity index (χ0n) is 43.5. The first-order valence-corrected chi connectivity index (χ1v) is 23.1. The van der Waals surface area contributed by atoms with Gasteiger partial charge in [-0.1, -0.05) is 0 Å². The lowest BCUT2D eigenvalue weighted by molar-refractivity contribution is -0.133. The molecule has 0 bridgehead atoms. The van der Waals surface area contributed by atoms with Crippen LogP contribution in [0.25, 0.3) is 0 Å². The Labute approximate surface area is 421 Å². The van der Waals surface area contributed by atoms with Crippen molar-refractivity contribution in [3.05, 3.63) is 115 Å². The Balaban J connectivity index is 1.96. The third-order valence-electron chi connectivity index (χ3n) is 12.7. The topological polar surface area (TPSA) is 197 Å². The number of carbonyl (C=O) groups excluding carboxylic acids is 4. The highest BCUT2D eigenvalue weighted by molar-refractivity contribution is 5.72. The molecule has 0 spiro atoms. The van der Waals surface area contributed by atoms with Crippen LogP contribution in [0.1, 0.15) is 106 Å². The molecule has 392 valence electrons. The maximum Gasteiger partial charge on any atom is 0.513 e. The first-order valence-electron chi connectivity index (χ1n) is 23.1. The fourth-order valence-corrected chi connectivity index (χ4v) is 9.88. The van der Waals surface area contributed by atoms with Crippen molar-refractivity contribution in [1.82, 2.24) is 0 Å². The van der Waals surface area contributed by atoms with Crippen molar-refractivity contribution in [1.29, 1.82) is 0 Å². The summed E-state index contributed by atoms with van der Waals surface area (Å²) in [6, 6.07) is 15.9. The highest BCUT2D eigenvalue weighted by Gasteiger charge is 2.48. The van der Waals surface area contributed by atoms with Crippen LogP contribution in [-0.2, 0) is 121 Å². The van der Waals surface area contributed by atoms with Crippen molar-refractivity contribution in [2.24, 2.45) is 0 Å². The van der Waals surface area contributed by atoms with Crippen molar-refractivity contribution in [2.75, 3.05) is 71.1 Å². The molecule has 0 aliphatic heterocycles. The first-order chi connectivity index (χ1) is 34.7. The predicted molar refractivity (Wildman–Crippen MR) is 260 cm³/mol. The molecule has 5 rings (SSSR count). The van der Waals surface area contributed by atoms with Gasteiger partial charge >= 0.3 is 24.2 Å². The summed E-state index contributed by atoms with van der Waals surface area (Å²) in [5, 5.41) is 0. The van der Waals surface area contributed by atoms with Crippen LogP contribution in [0.3, 0.4) is 0 Å². The zero-order valence-corrected chi connectivity index (χ0v) is 43.5. The average molecular weight is 1010 g/mol. The quantitative estimate of drug-likeness (QED) is 0.0366. The number of ether oxygens (including phenoxy) is 14. The van der Waals surface area contributed by atoms with Gasteiger partial charge < -0.3 is 66.3 Å². The highest BCUT2D eigenvalue weighted by Crippen LogP contribution is 2.57. The van der Waals surface area contributed by atoms with Crippen LogP contribution in [0.4, 0.5) is 9.59 Å². The van der Waals surface area contributed by atoms with E-state index in [-0.39, 0.29) is 64.4 Å². The number of methoxy groups -OCH3 is 10. The van der Waals surface area contributed by atoms with Crippen LogP contribution < -0.4 is 18.9 Å². The summed E-state index contributed by atoms with van der Waals surface area (Å²) in [5.41, 5.74) is 6.51. The first kappa shape index (κ1) is 56.9. The Bertz CT molecular complexity index is 2250. The lowest BCUT2D eigenvalue weighted by atomic mass is 9.54. The number of hydrogen-bond donors (Lipinski definition) is 0. The lowest BCUT2D eigenvalue weighted by Gasteiger charge is -2.49. The Kier molecular flexibility index (Phi) is 21.1. The molecular formula is C54H68O18. The number of carbonyl (C=O) groups is 4. The monoisotopic (exact) mass is 1000 g/mol. The molecule has 1 saturated carbocycles. The minimum Gasteiger partial charge on any atom is -0.437 e. The summed E-state index contributed by atoms with van der Waals surface area (Å²) in [6.45, 7) is 3.37. The number of rotatable bonds is 24. The Morgan fingerprint density at radius 2 is 0.514 bits per heavy atom. The zero-order chi connectivity index (χ0) is 52.6. The van der Waals surface area contributed by atoms with E-state index in [9.17, 15) is 19.2 Å². The minimum atomic E-state index is -0.912. The fourth-order valence-electron chi connectivity index (χ4n) is 9.88. The molecule has 0 radical (unpaired) electrons. The summed E-state index contributed by atoms with van der Waals surface area (Å²) in [5.74, 6) is 0.164. The van der Waals surface area contributed by atoms with Gasteiger partial charge in [-0.25, -0.2) is 9.59 Å². The van der Waals surface area contributed by atoms with Gasteiger partial charge in [0.1, 0.15) is 23.0 Å². The van der Waals surface area contributed by atoms with Gasteiger partial charge in [-0.15, -0.1) is 0 Å². The molecule has 0 atom stereocenters. The summed E-state index contributed by atoms with van der Waals surface area (Å²) >= 11 is 0. The lowest BCUT2D eigenvalue weighted by Crippen LogP contribution is -2.42. The molecule has 18 nitrogen and oxygen atoms in total. The molecule has 1 aliphatic carbocycles. The largest absolute Gasteiger partial charge is 0.513 e. The molecule has 4 aromatic carbocycles. The van der Waals surface area contributed by atoms with Gasteiger partial charge in [0.05, 0.1) is 67.1 Å². The normalized spacial score (nSPS) is 13.8. The van der Waals surface area contributed by atoms with E-state index in [4.69, 9.17) is 66.3 Å². The summed E-state index contributed by atoms with van der Waals surface area (Å²) in [6.07, 6.45) is 0.00680. The van der Waals surface area contributed by atoms with Crippen LogP contribution in [0.15, 0.2) is 48.5 Å². The van der Waals surface area contributed by atoms with Gasteiger partial charge in [-0.3, -0.25) is 9.59 Å². The predicted octanol–water partition coefficient (Wildman–Crippen LogP) is 8.85. The van der Waals surface area contributed by atoms with Gasteiger partial charge in [0.2, 0.25) is 0 Å². The summed E-state index contributed by atoms with van der Waals surface area (Å²) < 4.78 is 79.1.